The first-order valence-electron chi connectivity index (χ1n) is 11.9. The van der Waals surface area contributed by atoms with Crippen molar-refractivity contribution >= 4 is 46.4 Å². The molecule has 37 heavy (non-hydrogen) atoms. The first-order chi connectivity index (χ1) is 17.6. The highest BCUT2D eigenvalue weighted by atomic mass is 35.5. The molecule has 0 radical (unpaired) electrons. The summed E-state index contributed by atoms with van der Waals surface area (Å²) >= 11 is 13.3. The van der Waals surface area contributed by atoms with Crippen molar-refractivity contribution in [1.29, 1.82) is 0 Å². The Labute approximate surface area is 227 Å². The number of halogens is 2. The van der Waals surface area contributed by atoms with E-state index in [9.17, 15) is 9.59 Å². The van der Waals surface area contributed by atoms with Gasteiger partial charge in [-0.1, -0.05) is 85.6 Å². The fourth-order valence-corrected chi connectivity index (χ4v) is 4.87. The lowest BCUT2D eigenvalue weighted by Crippen LogP contribution is -2.21. The van der Waals surface area contributed by atoms with Crippen LogP contribution >= 0.6 is 23.2 Å². The minimum absolute atomic E-state index is 0.215. The van der Waals surface area contributed by atoms with E-state index in [0.29, 0.717) is 32.5 Å². The molecule has 0 atom stereocenters. The van der Waals surface area contributed by atoms with Crippen LogP contribution in [-0.4, -0.2) is 11.8 Å². The summed E-state index contributed by atoms with van der Waals surface area (Å²) < 4.78 is 0. The Morgan fingerprint density at radius 1 is 0.622 bits per heavy atom. The van der Waals surface area contributed by atoms with Crippen LogP contribution in [0.3, 0.4) is 0 Å². The van der Waals surface area contributed by atoms with Gasteiger partial charge in [0, 0.05) is 16.5 Å². The summed E-state index contributed by atoms with van der Waals surface area (Å²) in [7, 11) is 0. The number of nitrogens with one attached hydrogen (secondary N) is 2. The quantitative estimate of drug-likeness (QED) is 0.262. The molecule has 4 aromatic carbocycles. The Morgan fingerprint density at radius 2 is 0.973 bits per heavy atom. The molecule has 4 aromatic rings. The lowest BCUT2D eigenvalue weighted by Gasteiger charge is -2.29. The van der Waals surface area contributed by atoms with Crippen molar-refractivity contribution in [3.05, 3.63) is 128 Å². The Bertz CT molecular complexity index is 1310. The molecule has 2 N–H and O–H groups in total. The second-order valence-electron chi connectivity index (χ2n) is 9.57. The largest absolute Gasteiger partial charge is 0.320 e. The molecule has 0 saturated heterocycles. The van der Waals surface area contributed by atoms with Gasteiger partial charge in [0.2, 0.25) is 0 Å². The zero-order valence-electron chi connectivity index (χ0n) is 21.2. The number of aryl methyl sites for hydroxylation is 2. The molecule has 0 heterocycles. The molecule has 4 nitrogen and oxygen atoms in total. The molecule has 0 fully saturated rings. The number of hydrogen-bond acceptors (Lipinski definition) is 2. The van der Waals surface area contributed by atoms with E-state index < -0.39 is 5.41 Å². The van der Waals surface area contributed by atoms with E-state index in [1.165, 1.54) is 0 Å². The molecule has 0 spiro atoms. The monoisotopic (exact) mass is 530 g/mol. The predicted molar refractivity (Wildman–Crippen MR) is 153 cm³/mol. The van der Waals surface area contributed by atoms with Crippen molar-refractivity contribution in [1.82, 2.24) is 0 Å². The fraction of sp³-hybridized carbons (Fsp3) is 0.161. The molecule has 0 aromatic heterocycles. The molecule has 0 aliphatic carbocycles. The van der Waals surface area contributed by atoms with Gasteiger partial charge in [-0.25, -0.2) is 0 Å². The molecular weight excluding hydrogens is 503 g/mol. The third kappa shape index (κ3) is 5.71. The van der Waals surface area contributed by atoms with Crippen LogP contribution < -0.4 is 10.6 Å². The van der Waals surface area contributed by atoms with Crippen molar-refractivity contribution < 1.29 is 9.59 Å². The van der Waals surface area contributed by atoms with E-state index in [1.807, 2.05) is 74.5 Å². The van der Waals surface area contributed by atoms with Gasteiger partial charge in [-0.2, -0.15) is 0 Å². The Morgan fingerprint density at radius 3 is 1.30 bits per heavy atom. The molecular formula is C31H28Cl2N2O2. The number of amides is 2. The van der Waals surface area contributed by atoms with Crippen molar-refractivity contribution in [3.63, 3.8) is 0 Å². The van der Waals surface area contributed by atoms with Gasteiger partial charge in [-0.3, -0.25) is 9.59 Å². The van der Waals surface area contributed by atoms with Gasteiger partial charge in [0.05, 0.1) is 21.4 Å². The van der Waals surface area contributed by atoms with Crippen LogP contribution in [0.2, 0.25) is 10.0 Å². The summed E-state index contributed by atoms with van der Waals surface area (Å²) in [6, 6.07) is 25.9. The SMILES string of the molecule is Cc1cc(C(C)(C)c2cc(C)c(NC(=O)c3ccccc3)c(Cl)c2)cc(Cl)c1NC(=O)c1ccccc1. The van der Waals surface area contributed by atoms with Gasteiger partial charge in [0.25, 0.3) is 11.8 Å². The first kappa shape index (κ1) is 26.5. The van der Waals surface area contributed by atoms with E-state index in [4.69, 9.17) is 23.2 Å². The molecule has 0 aliphatic heterocycles. The second-order valence-corrected chi connectivity index (χ2v) is 10.4. The van der Waals surface area contributed by atoms with Crippen LogP contribution in [0.5, 0.6) is 0 Å². The van der Waals surface area contributed by atoms with Gasteiger partial charge in [-0.05, 0) is 72.5 Å². The van der Waals surface area contributed by atoms with Crippen molar-refractivity contribution in [2.24, 2.45) is 0 Å². The third-order valence-corrected chi connectivity index (χ3v) is 7.16. The minimum Gasteiger partial charge on any atom is -0.320 e. The summed E-state index contributed by atoms with van der Waals surface area (Å²) in [5.74, 6) is -0.429. The maximum absolute atomic E-state index is 12.7. The molecule has 0 saturated carbocycles. The van der Waals surface area contributed by atoms with Crippen LogP contribution in [0.25, 0.3) is 0 Å². The molecule has 0 unspecified atom stereocenters. The Kier molecular flexibility index (Phi) is 7.72. The molecule has 6 heteroatoms. The highest BCUT2D eigenvalue weighted by Gasteiger charge is 2.27. The van der Waals surface area contributed by atoms with Crippen LogP contribution in [-0.2, 0) is 5.41 Å². The lowest BCUT2D eigenvalue weighted by molar-refractivity contribution is 0.101. The van der Waals surface area contributed by atoms with E-state index in [0.717, 1.165) is 22.3 Å². The topological polar surface area (TPSA) is 58.2 Å². The number of hydrogen-bond donors (Lipinski definition) is 2. The zero-order chi connectivity index (χ0) is 26.7. The maximum atomic E-state index is 12.7. The maximum Gasteiger partial charge on any atom is 0.255 e. The summed E-state index contributed by atoms with van der Waals surface area (Å²) in [5, 5.41) is 6.80. The molecule has 2 amide bonds. The van der Waals surface area contributed by atoms with Crippen LogP contribution in [0.4, 0.5) is 11.4 Å². The number of anilines is 2. The molecule has 188 valence electrons. The van der Waals surface area contributed by atoms with Gasteiger partial charge in [0.1, 0.15) is 0 Å². The van der Waals surface area contributed by atoms with Crippen molar-refractivity contribution in [2.75, 3.05) is 10.6 Å². The number of benzene rings is 4. The van der Waals surface area contributed by atoms with E-state index >= 15 is 0 Å². The third-order valence-electron chi connectivity index (χ3n) is 6.57. The lowest BCUT2D eigenvalue weighted by atomic mass is 9.77. The standard InChI is InChI=1S/C31H28Cl2N2O2/c1-19-15-23(17-25(32)27(19)34-29(36)21-11-7-5-8-12-21)31(3,4)24-16-20(2)28(26(33)18-24)35-30(37)22-13-9-6-10-14-22/h5-18H,1-4H3,(H,34,36)(H,35,37). The average Bonchev–Trinajstić information content (AvgIpc) is 2.88. The molecule has 0 bridgehead atoms. The average molecular weight is 531 g/mol. The number of rotatable bonds is 6. The van der Waals surface area contributed by atoms with Gasteiger partial charge >= 0.3 is 0 Å². The summed E-state index contributed by atoms with van der Waals surface area (Å²) in [6.45, 7) is 8.03. The smallest absolute Gasteiger partial charge is 0.255 e. The van der Waals surface area contributed by atoms with Gasteiger partial charge in [-0.15, -0.1) is 0 Å². The fourth-order valence-electron chi connectivity index (χ4n) is 4.24. The normalized spacial score (nSPS) is 11.2. The second kappa shape index (κ2) is 10.8. The Balaban J connectivity index is 1.61. The molecule has 0 aliphatic rings. The first-order valence-corrected chi connectivity index (χ1v) is 12.7. The van der Waals surface area contributed by atoms with E-state index in [-0.39, 0.29) is 11.8 Å². The van der Waals surface area contributed by atoms with Crippen LogP contribution in [0.1, 0.15) is 56.8 Å². The van der Waals surface area contributed by atoms with Crippen molar-refractivity contribution in [3.8, 4) is 0 Å². The van der Waals surface area contributed by atoms with Crippen LogP contribution in [0, 0.1) is 13.8 Å². The van der Waals surface area contributed by atoms with E-state index in [2.05, 4.69) is 24.5 Å². The summed E-state index contributed by atoms with van der Waals surface area (Å²) in [6.07, 6.45) is 0. The highest BCUT2D eigenvalue weighted by Crippen LogP contribution is 2.40. The van der Waals surface area contributed by atoms with Gasteiger partial charge < -0.3 is 10.6 Å². The Hall–Kier alpha value is -3.60. The zero-order valence-corrected chi connectivity index (χ0v) is 22.7. The van der Waals surface area contributed by atoms with Crippen molar-refractivity contribution in [2.45, 2.75) is 33.1 Å². The predicted octanol–water partition coefficient (Wildman–Crippen LogP) is 8.44. The molecule has 4 rings (SSSR count). The van der Waals surface area contributed by atoms with E-state index in [1.54, 1.807) is 24.3 Å². The summed E-state index contributed by atoms with van der Waals surface area (Å²) in [4.78, 5) is 25.4. The minimum atomic E-state index is -0.452. The number of carbonyl (C=O) groups is 2. The number of carbonyl (C=O) groups excluding carboxylic acids is 2. The highest BCUT2D eigenvalue weighted by molar-refractivity contribution is 6.34. The van der Waals surface area contributed by atoms with Crippen LogP contribution in [0.15, 0.2) is 84.9 Å². The van der Waals surface area contributed by atoms with Gasteiger partial charge in [0.15, 0.2) is 0 Å². The summed E-state index contributed by atoms with van der Waals surface area (Å²) in [5.41, 5.74) is 5.51.